The molecule has 0 spiro atoms. The van der Waals surface area contributed by atoms with Crippen molar-refractivity contribution in [2.45, 2.75) is 92.4 Å². The van der Waals surface area contributed by atoms with E-state index in [-0.39, 0.29) is 48.9 Å². The largest absolute Gasteiger partial charge is 0.512 e. The maximum absolute atomic E-state index is 11.7. The Balaban J connectivity index is 0.000000286. The maximum atomic E-state index is 11.7. The van der Waals surface area contributed by atoms with E-state index in [2.05, 4.69) is 93.7 Å². The van der Waals surface area contributed by atoms with Crippen LogP contribution >= 0.6 is 0 Å². The van der Waals surface area contributed by atoms with Gasteiger partial charge in [0.1, 0.15) is 0 Å². The fourth-order valence-electron chi connectivity index (χ4n) is 6.12. The van der Waals surface area contributed by atoms with E-state index in [4.69, 9.17) is 4.98 Å². The van der Waals surface area contributed by atoms with Gasteiger partial charge in [-0.15, -0.1) is 29.1 Å². The smallest absolute Gasteiger partial charge is 0.162 e. The number of fused-ring (bicyclic) bond motifs is 4. The molecule has 0 aliphatic heterocycles. The van der Waals surface area contributed by atoms with Gasteiger partial charge in [-0.3, -0.25) is 9.78 Å². The molecule has 1 aromatic heterocycles. The first-order valence-corrected chi connectivity index (χ1v) is 16.1. The number of carbonyl (C=O) groups excluding carboxylic acids is 1. The van der Waals surface area contributed by atoms with Crippen LogP contribution in [0.2, 0.25) is 0 Å². The van der Waals surface area contributed by atoms with Crippen molar-refractivity contribution in [3.63, 3.8) is 0 Å². The minimum Gasteiger partial charge on any atom is -0.512 e. The molecule has 1 heterocycles. The molecule has 0 saturated carbocycles. The first-order valence-electron chi connectivity index (χ1n) is 16.1. The third-order valence-corrected chi connectivity index (χ3v) is 8.90. The topological polar surface area (TPSA) is 50.2 Å². The Hall–Kier alpha value is -3.07. The molecular formula is C40H48IrNO2-. The Morgan fingerprint density at radius 1 is 0.864 bits per heavy atom. The molecule has 0 bridgehead atoms. The van der Waals surface area contributed by atoms with Crippen LogP contribution in [0, 0.1) is 17.9 Å². The average Bonchev–Trinajstić information content (AvgIpc) is 3.01. The number of hydrogen-bond donors (Lipinski definition) is 1. The molecule has 235 valence electrons. The van der Waals surface area contributed by atoms with Gasteiger partial charge in [0.15, 0.2) is 5.78 Å². The summed E-state index contributed by atoms with van der Waals surface area (Å²) in [6.07, 6.45) is 9.14. The van der Waals surface area contributed by atoms with Gasteiger partial charge in [0.2, 0.25) is 0 Å². The van der Waals surface area contributed by atoms with Crippen molar-refractivity contribution in [1.29, 1.82) is 0 Å². The molecule has 0 fully saturated rings. The second-order valence-electron chi connectivity index (χ2n) is 12.8. The van der Waals surface area contributed by atoms with E-state index in [1.165, 1.54) is 39.3 Å². The second-order valence-corrected chi connectivity index (χ2v) is 12.8. The van der Waals surface area contributed by atoms with Gasteiger partial charge in [-0.1, -0.05) is 108 Å². The molecule has 1 N–H and O–H groups in total. The Kier molecular flexibility index (Phi) is 12.7. The van der Waals surface area contributed by atoms with Gasteiger partial charge in [0, 0.05) is 49.9 Å². The average molecular weight is 767 g/mol. The fraction of sp³-hybridized carbons (Fsp3) is 0.400. The van der Waals surface area contributed by atoms with Crippen molar-refractivity contribution in [2.24, 2.45) is 11.8 Å². The van der Waals surface area contributed by atoms with Gasteiger partial charge in [0.05, 0.1) is 5.76 Å². The summed E-state index contributed by atoms with van der Waals surface area (Å²) >= 11 is 0. The zero-order valence-corrected chi connectivity index (χ0v) is 29.9. The number of aliphatic hydroxyl groups is 1. The Labute approximate surface area is 278 Å². The molecule has 5 rings (SSSR count). The van der Waals surface area contributed by atoms with Crippen LogP contribution in [0.5, 0.6) is 0 Å². The number of aryl methyl sites for hydroxylation is 2. The summed E-state index contributed by atoms with van der Waals surface area (Å²) in [5.74, 6) is 0.547. The SMILES string of the molecule is CC(C)(C)c1cc(-c2cc3c(cn2)CCc2ccccc2-3)[c-]c2ccccc12.CCC(CC)C(=O)/C=C(\O)C(CC)CC.[Ir]. The van der Waals surface area contributed by atoms with Crippen molar-refractivity contribution in [1.82, 2.24) is 4.98 Å². The third kappa shape index (κ3) is 8.14. The summed E-state index contributed by atoms with van der Waals surface area (Å²) in [5.41, 5.74) is 8.95. The summed E-state index contributed by atoms with van der Waals surface area (Å²) in [6, 6.07) is 25.5. The summed E-state index contributed by atoms with van der Waals surface area (Å²) in [7, 11) is 0. The minimum absolute atomic E-state index is 0. The quantitative estimate of drug-likeness (QED) is 0.110. The number of pyridine rings is 1. The number of aromatic nitrogens is 1. The molecule has 1 aliphatic rings. The standard InChI is InChI=1S/C27H24N.C13H24O2.Ir/c1-27(2,3)25-15-21(14-19-9-5-7-11-23(19)25)26-16-24-20(17-28-26)13-12-18-8-4-6-10-22(18)24;1-5-10(6-2)12(14)9-13(15)11(7-3)8-4;/h4-11,15-17H,12-13H2,1-3H3;9-11,14H,5-8H2,1-4H3;/q-1;;/b;12-9-;. The first-order chi connectivity index (χ1) is 20.6. The number of ketones is 1. The summed E-state index contributed by atoms with van der Waals surface area (Å²) in [5, 5.41) is 12.2. The van der Waals surface area contributed by atoms with Gasteiger partial charge in [-0.25, -0.2) is 0 Å². The van der Waals surface area contributed by atoms with Crippen molar-refractivity contribution in [3.8, 4) is 22.4 Å². The summed E-state index contributed by atoms with van der Waals surface area (Å²) in [6.45, 7) is 14.9. The van der Waals surface area contributed by atoms with Crippen LogP contribution in [0.3, 0.4) is 0 Å². The van der Waals surface area contributed by atoms with Crippen LogP contribution in [0.25, 0.3) is 33.2 Å². The monoisotopic (exact) mass is 767 g/mol. The van der Waals surface area contributed by atoms with E-state index in [1.54, 1.807) is 0 Å². The predicted octanol–water partition coefficient (Wildman–Crippen LogP) is 10.6. The fourth-order valence-corrected chi connectivity index (χ4v) is 6.12. The van der Waals surface area contributed by atoms with E-state index in [0.717, 1.165) is 55.2 Å². The molecule has 0 saturated heterocycles. The van der Waals surface area contributed by atoms with Gasteiger partial charge in [-0.2, -0.15) is 0 Å². The normalized spacial score (nSPS) is 12.7. The Morgan fingerprint density at radius 3 is 2.14 bits per heavy atom. The Bertz CT molecular complexity index is 1590. The number of allylic oxidation sites excluding steroid dienone is 2. The molecule has 4 heteroatoms. The van der Waals surface area contributed by atoms with Crippen molar-refractivity contribution >= 4 is 16.6 Å². The van der Waals surface area contributed by atoms with Crippen molar-refractivity contribution in [2.75, 3.05) is 0 Å². The van der Waals surface area contributed by atoms with E-state index >= 15 is 0 Å². The molecule has 4 aromatic rings. The zero-order valence-electron chi connectivity index (χ0n) is 27.5. The van der Waals surface area contributed by atoms with E-state index in [1.807, 2.05) is 27.7 Å². The second kappa shape index (κ2) is 15.8. The van der Waals surface area contributed by atoms with Gasteiger partial charge in [-0.05, 0) is 66.2 Å². The van der Waals surface area contributed by atoms with Crippen LogP contribution < -0.4 is 0 Å². The van der Waals surface area contributed by atoms with E-state index < -0.39 is 0 Å². The number of hydrogen-bond acceptors (Lipinski definition) is 3. The number of aliphatic hydroxyl groups excluding tert-OH is 1. The maximum Gasteiger partial charge on any atom is 0.162 e. The van der Waals surface area contributed by atoms with Crippen LogP contribution in [-0.4, -0.2) is 15.9 Å². The summed E-state index contributed by atoms with van der Waals surface area (Å²) < 4.78 is 0. The zero-order chi connectivity index (χ0) is 31.1. The van der Waals surface area contributed by atoms with Crippen molar-refractivity contribution in [3.05, 3.63) is 101 Å². The van der Waals surface area contributed by atoms with Gasteiger partial charge < -0.3 is 5.11 Å². The number of nitrogens with zero attached hydrogens (tertiary/aromatic N) is 1. The molecule has 1 radical (unpaired) electrons. The first kappa shape index (κ1) is 35.4. The third-order valence-electron chi connectivity index (χ3n) is 8.90. The van der Waals surface area contributed by atoms with E-state index in [0.29, 0.717) is 0 Å². The van der Waals surface area contributed by atoms with Crippen LogP contribution in [-0.2, 0) is 43.2 Å². The molecule has 0 atom stereocenters. The van der Waals surface area contributed by atoms with E-state index in [9.17, 15) is 9.90 Å². The number of rotatable bonds is 8. The van der Waals surface area contributed by atoms with Crippen molar-refractivity contribution < 1.29 is 30.0 Å². The molecule has 1 aliphatic carbocycles. The molecule has 0 amide bonds. The molecule has 44 heavy (non-hydrogen) atoms. The molecule has 3 nitrogen and oxygen atoms in total. The number of benzene rings is 3. The Morgan fingerprint density at radius 2 is 1.48 bits per heavy atom. The van der Waals surface area contributed by atoms with Gasteiger partial charge in [0.25, 0.3) is 0 Å². The van der Waals surface area contributed by atoms with Crippen LogP contribution in [0.4, 0.5) is 0 Å². The van der Waals surface area contributed by atoms with Crippen LogP contribution in [0.15, 0.2) is 78.7 Å². The predicted molar refractivity (Wildman–Crippen MR) is 181 cm³/mol. The molecular weight excluding hydrogens is 719 g/mol. The molecule has 3 aromatic carbocycles. The summed E-state index contributed by atoms with van der Waals surface area (Å²) in [4.78, 5) is 16.5. The van der Waals surface area contributed by atoms with Gasteiger partial charge >= 0.3 is 0 Å². The molecule has 0 unspecified atom stereocenters. The minimum atomic E-state index is 0. The number of carbonyl (C=O) groups is 1. The van der Waals surface area contributed by atoms with Crippen LogP contribution in [0.1, 0.15) is 90.8 Å².